The highest BCUT2D eigenvalue weighted by Crippen LogP contribution is 2.41. The number of rotatable bonds is 5. The summed E-state index contributed by atoms with van der Waals surface area (Å²) in [7, 11) is 0. The number of primary amides is 1. The number of aromatic nitrogens is 2. The van der Waals surface area contributed by atoms with E-state index in [1.54, 1.807) is 36.5 Å². The lowest BCUT2D eigenvalue weighted by Crippen LogP contribution is -2.49. The van der Waals surface area contributed by atoms with Crippen molar-refractivity contribution < 1.29 is 18.7 Å². The van der Waals surface area contributed by atoms with E-state index < -0.39 is 11.3 Å². The molecule has 0 saturated carbocycles. The molecule has 0 aliphatic carbocycles. The first kappa shape index (κ1) is 23.1. The molecule has 2 saturated heterocycles. The third kappa shape index (κ3) is 4.41. The molecule has 0 radical (unpaired) electrons. The maximum Gasteiger partial charge on any atom is 0.248 e. The van der Waals surface area contributed by atoms with Crippen molar-refractivity contribution in [1.82, 2.24) is 14.9 Å². The fourth-order valence-electron chi connectivity index (χ4n) is 5.21. The number of carbonyl (C=O) groups excluding carboxylic acids is 2. The third-order valence-electron chi connectivity index (χ3n) is 7.09. The van der Waals surface area contributed by atoms with Gasteiger partial charge in [-0.2, -0.15) is 0 Å². The number of hydrogen-bond donors (Lipinski definition) is 1. The van der Waals surface area contributed by atoms with E-state index in [1.165, 1.54) is 12.1 Å². The Bertz CT molecular complexity index is 1240. The molecule has 2 aliphatic rings. The molecule has 7 nitrogen and oxygen atoms in total. The first-order valence-electron chi connectivity index (χ1n) is 11.9. The van der Waals surface area contributed by atoms with Gasteiger partial charge in [-0.1, -0.05) is 24.3 Å². The van der Waals surface area contributed by atoms with Crippen LogP contribution in [0, 0.1) is 5.82 Å². The molecule has 2 aliphatic heterocycles. The standard InChI is InChI=1S/C27H27FN4O3/c28-21-4-1-3-20(17-21)27(11-15-35-16-12-27)26(34)32-14-2-5-23(32)22-10-13-30-25(31-22)19-8-6-18(7-9-19)24(29)33/h1,3-4,6-10,13,17,23H,2,5,11-12,14-16H2,(H2,29,33). The summed E-state index contributed by atoms with van der Waals surface area (Å²) in [5.74, 6) is -0.322. The molecule has 180 valence electrons. The summed E-state index contributed by atoms with van der Waals surface area (Å²) in [6, 6.07) is 14.9. The van der Waals surface area contributed by atoms with E-state index in [-0.39, 0.29) is 17.8 Å². The number of nitrogens with two attached hydrogens (primary N) is 1. The molecule has 3 aromatic rings. The van der Waals surface area contributed by atoms with Crippen LogP contribution < -0.4 is 5.73 Å². The van der Waals surface area contributed by atoms with E-state index in [0.29, 0.717) is 49.6 Å². The molecule has 5 rings (SSSR count). The van der Waals surface area contributed by atoms with Crippen molar-refractivity contribution in [3.05, 3.63) is 83.4 Å². The largest absolute Gasteiger partial charge is 0.381 e. The van der Waals surface area contributed by atoms with Gasteiger partial charge in [0.05, 0.1) is 17.2 Å². The molecule has 2 aromatic carbocycles. The van der Waals surface area contributed by atoms with E-state index in [9.17, 15) is 14.0 Å². The second-order valence-electron chi connectivity index (χ2n) is 9.11. The van der Waals surface area contributed by atoms with Crippen LogP contribution in [-0.2, 0) is 14.9 Å². The van der Waals surface area contributed by atoms with E-state index in [1.807, 2.05) is 17.0 Å². The van der Waals surface area contributed by atoms with Crippen LogP contribution in [0.1, 0.15) is 53.3 Å². The third-order valence-corrected chi connectivity index (χ3v) is 7.09. The molecule has 2 amide bonds. The van der Waals surface area contributed by atoms with Crippen molar-refractivity contribution in [2.75, 3.05) is 19.8 Å². The Labute approximate surface area is 203 Å². The summed E-state index contributed by atoms with van der Waals surface area (Å²) in [6.45, 7) is 1.54. The van der Waals surface area contributed by atoms with Crippen LogP contribution in [0.25, 0.3) is 11.4 Å². The highest BCUT2D eigenvalue weighted by atomic mass is 19.1. The van der Waals surface area contributed by atoms with Crippen LogP contribution in [0.5, 0.6) is 0 Å². The quantitative estimate of drug-likeness (QED) is 0.607. The first-order valence-corrected chi connectivity index (χ1v) is 11.9. The number of ether oxygens (including phenoxy) is 1. The molecule has 3 heterocycles. The Kier molecular flexibility index (Phi) is 6.30. The molecule has 2 N–H and O–H groups in total. The van der Waals surface area contributed by atoms with Gasteiger partial charge in [-0.15, -0.1) is 0 Å². The van der Waals surface area contributed by atoms with Gasteiger partial charge in [-0.05, 0) is 61.6 Å². The van der Waals surface area contributed by atoms with Crippen molar-refractivity contribution in [2.24, 2.45) is 5.73 Å². The highest BCUT2D eigenvalue weighted by Gasteiger charge is 2.47. The molecule has 0 spiro atoms. The summed E-state index contributed by atoms with van der Waals surface area (Å²) in [4.78, 5) is 36.6. The molecule has 2 fully saturated rings. The van der Waals surface area contributed by atoms with Crippen molar-refractivity contribution in [3.63, 3.8) is 0 Å². The fourth-order valence-corrected chi connectivity index (χ4v) is 5.21. The normalized spacial score (nSPS) is 19.5. The Morgan fingerprint density at radius 2 is 1.86 bits per heavy atom. The molecule has 35 heavy (non-hydrogen) atoms. The van der Waals surface area contributed by atoms with Gasteiger partial charge in [0.2, 0.25) is 11.8 Å². The second-order valence-corrected chi connectivity index (χ2v) is 9.11. The van der Waals surface area contributed by atoms with Gasteiger partial charge in [0, 0.05) is 37.1 Å². The maximum atomic E-state index is 14.2. The fraction of sp³-hybridized carbons (Fsp3) is 0.333. The molecule has 1 unspecified atom stereocenters. The van der Waals surface area contributed by atoms with Crippen LogP contribution in [0.3, 0.4) is 0 Å². The average molecular weight is 475 g/mol. The zero-order valence-electron chi connectivity index (χ0n) is 19.3. The van der Waals surface area contributed by atoms with Crippen molar-refractivity contribution >= 4 is 11.8 Å². The highest BCUT2D eigenvalue weighted by molar-refractivity contribution is 5.93. The first-order chi connectivity index (χ1) is 17.0. The number of halogens is 1. The SMILES string of the molecule is NC(=O)c1ccc(-c2nccc(C3CCCN3C(=O)C3(c4cccc(F)c4)CCOCC3)n2)cc1. The zero-order chi connectivity index (χ0) is 24.4. The van der Waals surface area contributed by atoms with Gasteiger partial charge in [0.15, 0.2) is 5.82 Å². The van der Waals surface area contributed by atoms with Gasteiger partial charge in [-0.25, -0.2) is 14.4 Å². The van der Waals surface area contributed by atoms with Crippen LogP contribution in [0.4, 0.5) is 4.39 Å². The van der Waals surface area contributed by atoms with Crippen molar-refractivity contribution in [3.8, 4) is 11.4 Å². The summed E-state index contributed by atoms with van der Waals surface area (Å²) in [5.41, 5.74) is 7.16. The van der Waals surface area contributed by atoms with Gasteiger partial charge in [0.25, 0.3) is 0 Å². The van der Waals surface area contributed by atoms with Crippen LogP contribution in [0.15, 0.2) is 60.8 Å². The van der Waals surface area contributed by atoms with Crippen LogP contribution in [0.2, 0.25) is 0 Å². The number of amides is 2. The molecule has 1 atom stereocenters. The van der Waals surface area contributed by atoms with Gasteiger partial charge in [0.1, 0.15) is 5.82 Å². The van der Waals surface area contributed by atoms with E-state index in [2.05, 4.69) is 4.98 Å². The smallest absolute Gasteiger partial charge is 0.248 e. The Morgan fingerprint density at radius 1 is 1.09 bits per heavy atom. The van der Waals surface area contributed by atoms with Gasteiger partial charge < -0.3 is 15.4 Å². The summed E-state index contributed by atoms with van der Waals surface area (Å²) in [5, 5.41) is 0. The average Bonchev–Trinajstić information content (AvgIpc) is 3.39. The lowest BCUT2D eigenvalue weighted by molar-refractivity contribution is -0.142. The Hall–Kier alpha value is -3.65. The number of nitrogens with zero attached hydrogens (tertiary/aromatic N) is 3. The summed E-state index contributed by atoms with van der Waals surface area (Å²) < 4.78 is 19.7. The lowest BCUT2D eigenvalue weighted by Gasteiger charge is -2.40. The summed E-state index contributed by atoms with van der Waals surface area (Å²) >= 11 is 0. The maximum absolute atomic E-state index is 14.2. The predicted molar refractivity (Wildman–Crippen MR) is 128 cm³/mol. The minimum atomic E-state index is -0.816. The molecule has 8 heteroatoms. The van der Waals surface area contributed by atoms with E-state index >= 15 is 0 Å². The summed E-state index contributed by atoms with van der Waals surface area (Å²) in [6.07, 6.45) is 4.37. The van der Waals surface area contributed by atoms with E-state index in [0.717, 1.165) is 24.1 Å². The monoisotopic (exact) mass is 474 g/mol. The topological polar surface area (TPSA) is 98.4 Å². The zero-order valence-corrected chi connectivity index (χ0v) is 19.3. The number of benzene rings is 2. The predicted octanol–water partition coefficient (Wildman–Crippen LogP) is 3.79. The van der Waals surface area contributed by atoms with Gasteiger partial charge in [-0.3, -0.25) is 9.59 Å². The van der Waals surface area contributed by atoms with Crippen molar-refractivity contribution in [1.29, 1.82) is 0 Å². The number of hydrogen-bond acceptors (Lipinski definition) is 5. The molecular formula is C27H27FN4O3. The van der Waals surface area contributed by atoms with Crippen molar-refractivity contribution in [2.45, 2.75) is 37.1 Å². The number of carbonyl (C=O) groups is 2. The Morgan fingerprint density at radius 3 is 2.57 bits per heavy atom. The number of likely N-dealkylation sites (tertiary alicyclic amines) is 1. The minimum Gasteiger partial charge on any atom is -0.381 e. The van der Waals surface area contributed by atoms with Gasteiger partial charge >= 0.3 is 0 Å². The Balaban J connectivity index is 1.46. The lowest BCUT2D eigenvalue weighted by atomic mass is 9.72. The minimum absolute atomic E-state index is 0.000117. The van der Waals surface area contributed by atoms with Crippen LogP contribution >= 0.6 is 0 Å². The molecule has 1 aromatic heterocycles. The molecular weight excluding hydrogens is 447 g/mol. The van der Waals surface area contributed by atoms with Crippen LogP contribution in [-0.4, -0.2) is 46.4 Å². The second kappa shape index (κ2) is 9.54. The molecule has 0 bridgehead atoms. The van der Waals surface area contributed by atoms with E-state index in [4.69, 9.17) is 15.5 Å².